The monoisotopic (exact) mass is 436 g/mol. The molecule has 3 rings (SSSR count). The van der Waals surface area contributed by atoms with Crippen molar-refractivity contribution in [3.63, 3.8) is 0 Å². The summed E-state index contributed by atoms with van der Waals surface area (Å²) in [6.45, 7) is 13.8. The lowest BCUT2D eigenvalue weighted by Gasteiger charge is -2.44. The fourth-order valence-corrected chi connectivity index (χ4v) is 6.56. The second-order valence-electron chi connectivity index (χ2n) is 11.2. The van der Waals surface area contributed by atoms with Crippen LogP contribution in [-0.4, -0.2) is 45.1 Å². The van der Waals surface area contributed by atoms with Gasteiger partial charge in [0.15, 0.2) is 14.6 Å². The van der Waals surface area contributed by atoms with Crippen LogP contribution in [0.2, 0.25) is 18.1 Å². The van der Waals surface area contributed by atoms with Crippen molar-refractivity contribution in [2.24, 2.45) is 17.8 Å². The number of aliphatic hydroxyl groups is 1. The van der Waals surface area contributed by atoms with Gasteiger partial charge in [-0.15, -0.1) is 0 Å². The summed E-state index contributed by atoms with van der Waals surface area (Å²) < 4.78 is 18.6. The second-order valence-corrected chi connectivity index (χ2v) is 16.0. The molecule has 0 aromatic rings. The van der Waals surface area contributed by atoms with Crippen LogP contribution < -0.4 is 0 Å². The third-order valence-corrected chi connectivity index (χ3v) is 12.6. The molecule has 1 saturated heterocycles. The van der Waals surface area contributed by atoms with Crippen LogP contribution in [0, 0.1) is 17.8 Å². The Hall–Kier alpha value is -0.463. The number of aliphatic hydroxyl groups excluding tert-OH is 1. The number of hydrogen-bond acceptors (Lipinski definition) is 4. The standard InChI is InChI=1S/C25H44O4Si/c1-17-11-12-18-9-8-10-22(26)24(18)21(17)14-13-19-15-20(16-23(27-5)28-19)29-30(6,7)25(2,3)4/h9,11-12,17,19-24,26H,8,10,13-16H2,1-7H3/t17-,19-,20-,21-,22-,23+,24-/m1/s1. The van der Waals surface area contributed by atoms with Crippen LogP contribution in [0.3, 0.4) is 0 Å². The van der Waals surface area contributed by atoms with Gasteiger partial charge in [0.2, 0.25) is 0 Å². The van der Waals surface area contributed by atoms with E-state index in [-0.39, 0.29) is 35.6 Å². The van der Waals surface area contributed by atoms with Crippen LogP contribution in [0.15, 0.2) is 23.8 Å². The van der Waals surface area contributed by atoms with E-state index in [1.165, 1.54) is 5.57 Å². The highest BCUT2D eigenvalue weighted by molar-refractivity contribution is 6.74. The van der Waals surface area contributed by atoms with Crippen molar-refractivity contribution in [3.05, 3.63) is 23.8 Å². The molecule has 0 bridgehead atoms. The summed E-state index contributed by atoms with van der Waals surface area (Å²) in [6.07, 6.45) is 12.6. The number of hydrogen-bond donors (Lipinski definition) is 1. The zero-order chi connectivity index (χ0) is 22.1. The van der Waals surface area contributed by atoms with Crippen molar-refractivity contribution in [1.82, 2.24) is 0 Å². The van der Waals surface area contributed by atoms with E-state index in [1.807, 2.05) is 0 Å². The smallest absolute Gasteiger partial charge is 0.192 e. The van der Waals surface area contributed by atoms with Gasteiger partial charge in [-0.25, -0.2) is 0 Å². The van der Waals surface area contributed by atoms with E-state index in [1.54, 1.807) is 7.11 Å². The molecule has 172 valence electrons. The van der Waals surface area contributed by atoms with E-state index in [4.69, 9.17) is 13.9 Å². The molecule has 0 amide bonds. The Morgan fingerprint density at radius 1 is 1.20 bits per heavy atom. The van der Waals surface area contributed by atoms with Crippen LogP contribution in [0.25, 0.3) is 0 Å². The third kappa shape index (κ3) is 5.47. The topological polar surface area (TPSA) is 47.9 Å². The van der Waals surface area contributed by atoms with Crippen molar-refractivity contribution in [2.45, 2.75) is 109 Å². The van der Waals surface area contributed by atoms with Crippen LogP contribution in [0.1, 0.15) is 66.2 Å². The first kappa shape index (κ1) is 24.2. The van der Waals surface area contributed by atoms with Gasteiger partial charge in [-0.3, -0.25) is 0 Å². The predicted molar refractivity (Wildman–Crippen MR) is 125 cm³/mol. The number of fused-ring (bicyclic) bond motifs is 1. The highest BCUT2D eigenvalue weighted by Crippen LogP contribution is 2.44. The first-order valence-electron chi connectivity index (χ1n) is 11.9. The van der Waals surface area contributed by atoms with Gasteiger partial charge < -0.3 is 19.0 Å². The van der Waals surface area contributed by atoms with E-state index in [2.05, 4.69) is 59.0 Å². The largest absolute Gasteiger partial charge is 0.414 e. The number of methoxy groups -OCH3 is 1. The number of ether oxygens (including phenoxy) is 2. The Morgan fingerprint density at radius 2 is 1.93 bits per heavy atom. The molecule has 7 atom stereocenters. The maximum absolute atomic E-state index is 10.7. The molecule has 1 aliphatic heterocycles. The molecule has 4 nitrogen and oxygen atoms in total. The van der Waals surface area contributed by atoms with E-state index < -0.39 is 8.32 Å². The van der Waals surface area contributed by atoms with Gasteiger partial charge in [0.05, 0.1) is 18.3 Å². The number of rotatable bonds is 6. The minimum absolute atomic E-state index is 0.157. The van der Waals surface area contributed by atoms with Crippen LogP contribution in [0.5, 0.6) is 0 Å². The maximum atomic E-state index is 10.7. The maximum Gasteiger partial charge on any atom is 0.192 e. The van der Waals surface area contributed by atoms with Gasteiger partial charge in [-0.1, -0.05) is 45.9 Å². The predicted octanol–water partition coefficient (Wildman–Crippen LogP) is 5.83. The summed E-state index contributed by atoms with van der Waals surface area (Å²) in [5.41, 5.74) is 1.34. The molecule has 1 heterocycles. The molecular weight excluding hydrogens is 392 g/mol. The van der Waals surface area contributed by atoms with E-state index in [0.29, 0.717) is 11.8 Å². The fourth-order valence-electron chi connectivity index (χ4n) is 5.18. The Morgan fingerprint density at radius 3 is 2.60 bits per heavy atom. The third-order valence-electron chi connectivity index (χ3n) is 8.05. The van der Waals surface area contributed by atoms with E-state index >= 15 is 0 Å². The summed E-state index contributed by atoms with van der Waals surface area (Å²) in [7, 11) is -0.0876. The number of allylic oxidation sites excluding steroid dienone is 3. The Balaban J connectivity index is 1.64. The summed E-state index contributed by atoms with van der Waals surface area (Å²) in [6, 6.07) is 0. The molecule has 1 fully saturated rings. The van der Waals surface area contributed by atoms with Crippen LogP contribution in [0.4, 0.5) is 0 Å². The van der Waals surface area contributed by atoms with Crippen molar-refractivity contribution >= 4 is 8.32 Å². The quantitative estimate of drug-likeness (QED) is 0.532. The Kier molecular flexibility index (Phi) is 7.72. The molecule has 2 aliphatic carbocycles. The second kappa shape index (κ2) is 9.58. The van der Waals surface area contributed by atoms with Crippen LogP contribution >= 0.6 is 0 Å². The Bertz CT molecular complexity index is 636. The van der Waals surface area contributed by atoms with Crippen molar-refractivity contribution < 1.29 is 19.0 Å². The molecule has 0 spiro atoms. The van der Waals surface area contributed by atoms with Crippen molar-refractivity contribution in [1.29, 1.82) is 0 Å². The first-order chi connectivity index (χ1) is 14.0. The molecule has 1 N–H and O–H groups in total. The van der Waals surface area contributed by atoms with E-state index in [0.717, 1.165) is 38.5 Å². The molecular formula is C25H44O4Si. The SMILES string of the molecule is CO[C@@H]1C[C@H](O[Si](C)(C)C(C)(C)C)C[C@@H](CC[C@H]2[C@H]3C(=CCC[C@H]3O)C=C[C@H]2C)O1. The summed E-state index contributed by atoms with van der Waals surface area (Å²) in [5, 5.41) is 10.9. The Labute approximate surface area is 185 Å². The van der Waals surface area contributed by atoms with Crippen LogP contribution in [-0.2, 0) is 13.9 Å². The van der Waals surface area contributed by atoms with E-state index in [9.17, 15) is 5.11 Å². The normalized spacial score (nSPS) is 37.6. The first-order valence-corrected chi connectivity index (χ1v) is 14.8. The zero-order valence-corrected chi connectivity index (χ0v) is 21.2. The van der Waals surface area contributed by atoms with Gasteiger partial charge in [0.1, 0.15) is 0 Å². The lowest BCUT2D eigenvalue weighted by molar-refractivity contribution is -0.203. The van der Waals surface area contributed by atoms with Gasteiger partial charge in [0.25, 0.3) is 0 Å². The minimum Gasteiger partial charge on any atom is -0.414 e. The molecule has 0 unspecified atom stereocenters. The molecule has 3 aliphatic rings. The summed E-state index contributed by atoms with van der Waals surface area (Å²) in [5.74, 6) is 1.24. The molecule has 5 heteroatoms. The van der Waals surface area contributed by atoms with Gasteiger partial charge in [-0.2, -0.15) is 0 Å². The fraction of sp³-hybridized carbons (Fsp3) is 0.840. The molecule has 0 radical (unpaired) electrons. The van der Waals surface area contributed by atoms with Crippen molar-refractivity contribution in [3.8, 4) is 0 Å². The zero-order valence-electron chi connectivity index (χ0n) is 20.2. The average Bonchev–Trinajstić information content (AvgIpc) is 2.66. The highest BCUT2D eigenvalue weighted by Gasteiger charge is 2.42. The lowest BCUT2D eigenvalue weighted by Crippen LogP contribution is -2.48. The van der Waals surface area contributed by atoms with Crippen molar-refractivity contribution in [2.75, 3.05) is 7.11 Å². The van der Waals surface area contributed by atoms with Gasteiger partial charge in [-0.05, 0) is 67.6 Å². The molecule has 0 saturated carbocycles. The summed E-state index contributed by atoms with van der Waals surface area (Å²) in [4.78, 5) is 0. The van der Waals surface area contributed by atoms with Gasteiger partial charge in [0, 0.05) is 19.4 Å². The van der Waals surface area contributed by atoms with Gasteiger partial charge >= 0.3 is 0 Å². The molecule has 30 heavy (non-hydrogen) atoms. The summed E-state index contributed by atoms with van der Waals surface area (Å²) >= 11 is 0. The molecule has 0 aromatic carbocycles. The lowest BCUT2D eigenvalue weighted by atomic mass is 9.66. The molecule has 0 aromatic heterocycles. The average molecular weight is 437 g/mol. The highest BCUT2D eigenvalue weighted by atomic mass is 28.4. The minimum atomic E-state index is -1.82.